The van der Waals surface area contributed by atoms with Crippen molar-refractivity contribution in [1.82, 2.24) is 14.5 Å². The van der Waals surface area contributed by atoms with E-state index in [4.69, 9.17) is 11.5 Å². The second kappa shape index (κ2) is 7.08. The Kier molecular flexibility index (Phi) is 5.01. The Balaban J connectivity index is 1.95. The molecule has 0 saturated carbocycles. The highest BCUT2D eigenvalue weighted by Crippen LogP contribution is 2.34. The van der Waals surface area contributed by atoms with Crippen LogP contribution in [0.15, 0.2) is 35.3 Å². The van der Waals surface area contributed by atoms with E-state index in [0.29, 0.717) is 13.1 Å². The number of hydrogen-bond acceptors (Lipinski definition) is 5. The first-order valence-electron chi connectivity index (χ1n) is 8.27. The number of likely N-dealkylation sites (tertiary alicyclic amines) is 1. The van der Waals surface area contributed by atoms with E-state index in [1.165, 1.54) is 24.4 Å². The third-order valence-corrected chi connectivity index (χ3v) is 4.53. The summed E-state index contributed by atoms with van der Waals surface area (Å²) in [5, 5.41) is 0. The smallest absolute Gasteiger partial charge is 0.383 e. The third-order valence-electron chi connectivity index (χ3n) is 4.53. The molecule has 2 aromatic rings. The predicted octanol–water partition coefficient (Wildman–Crippen LogP) is 1.76. The molecule has 3 rings (SSSR count). The average Bonchev–Trinajstić information content (AvgIpc) is 2.56. The molecule has 1 aliphatic rings. The predicted molar refractivity (Wildman–Crippen MR) is 91.7 cm³/mol. The molecule has 0 bridgehead atoms. The first kappa shape index (κ1) is 18.4. The topological polar surface area (TPSA) is 90.2 Å². The standard InChI is InChI=1S/C17H20F3N5O/c18-17(19,20)14-9-13(25-8-5-15(22)23-16(25)26)2-1-11(14)10-24-6-3-12(21)4-7-24/h1-2,5,8-9,12H,3-4,6-7,10,21H2,(H2,22,23,26). The Labute approximate surface area is 148 Å². The Bertz CT molecular complexity index is 841. The number of anilines is 1. The van der Waals surface area contributed by atoms with Gasteiger partial charge in [0.2, 0.25) is 0 Å². The molecule has 0 aliphatic carbocycles. The number of rotatable bonds is 3. The second-order valence-corrected chi connectivity index (χ2v) is 6.46. The average molecular weight is 367 g/mol. The van der Waals surface area contributed by atoms with Crippen LogP contribution in [0.2, 0.25) is 0 Å². The van der Waals surface area contributed by atoms with Crippen LogP contribution in [-0.2, 0) is 12.7 Å². The minimum Gasteiger partial charge on any atom is -0.383 e. The van der Waals surface area contributed by atoms with Gasteiger partial charge in [-0.25, -0.2) is 4.79 Å². The van der Waals surface area contributed by atoms with Gasteiger partial charge in [0, 0.05) is 18.8 Å². The summed E-state index contributed by atoms with van der Waals surface area (Å²) in [6.07, 6.45) is -1.67. The molecule has 1 aromatic heterocycles. The van der Waals surface area contributed by atoms with Crippen LogP contribution in [0.25, 0.3) is 5.69 Å². The van der Waals surface area contributed by atoms with Crippen molar-refractivity contribution in [3.8, 4) is 5.69 Å². The van der Waals surface area contributed by atoms with Gasteiger partial charge >= 0.3 is 11.9 Å². The van der Waals surface area contributed by atoms with Gasteiger partial charge in [-0.2, -0.15) is 18.2 Å². The van der Waals surface area contributed by atoms with Gasteiger partial charge in [0.25, 0.3) is 0 Å². The molecule has 0 spiro atoms. The van der Waals surface area contributed by atoms with Crippen LogP contribution in [0.5, 0.6) is 0 Å². The molecule has 1 aromatic carbocycles. The summed E-state index contributed by atoms with van der Waals surface area (Å²) in [7, 11) is 0. The summed E-state index contributed by atoms with van der Waals surface area (Å²) in [6.45, 7) is 1.53. The van der Waals surface area contributed by atoms with E-state index in [9.17, 15) is 18.0 Å². The Morgan fingerprint density at radius 3 is 2.50 bits per heavy atom. The number of nitrogens with zero attached hydrogens (tertiary/aromatic N) is 3. The SMILES string of the molecule is Nc1ccn(-c2ccc(CN3CCC(N)CC3)c(C(F)(F)F)c2)c(=O)n1. The van der Waals surface area contributed by atoms with Crippen molar-refractivity contribution in [2.24, 2.45) is 5.73 Å². The lowest BCUT2D eigenvalue weighted by Gasteiger charge is -2.30. The minimum absolute atomic E-state index is 0.0159. The van der Waals surface area contributed by atoms with Crippen molar-refractivity contribution in [1.29, 1.82) is 0 Å². The fourth-order valence-corrected chi connectivity index (χ4v) is 3.08. The third kappa shape index (κ3) is 4.05. The Morgan fingerprint density at radius 2 is 1.88 bits per heavy atom. The molecule has 1 aliphatic heterocycles. The van der Waals surface area contributed by atoms with E-state index in [1.54, 1.807) is 0 Å². The minimum atomic E-state index is -4.53. The zero-order valence-electron chi connectivity index (χ0n) is 14.0. The largest absolute Gasteiger partial charge is 0.416 e. The molecule has 0 amide bonds. The number of aromatic nitrogens is 2. The molecule has 9 heteroatoms. The second-order valence-electron chi connectivity index (χ2n) is 6.46. The van der Waals surface area contributed by atoms with Crippen molar-refractivity contribution in [3.63, 3.8) is 0 Å². The van der Waals surface area contributed by atoms with Gasteiger partial charge in [-0.1, -0.05) is 6.07 Å². The van der Waals surface area contributed by atoms with Gasteiger partial charge in [0.1, 0.15) is 5.82 Å². The van der Waals surface area contributed by atoms with Gasteiger partial charge < -0.3 is 11.5 Å². The van der Waals surface area contributed by atoms with Crippen molar-refractivity contribution in [3.05, 3.63) is 52.1 Å². The summed E-state index contributed by atoms with van der Waals surface area (Å²) in [5.41, 5.74) is 10.1. The highest BCUT2D eigenvalue weighted by Gasteiger charge is 2.34. The van der Waals surface area contributed by atoms with E-state index in [-0.39, 0.29) is 29.7 Å². The normalized spacial score (nSPS) is 16.8. The van der Waals surface area contributed by atoms with Crippen LogP contribution in [0.3, 0.4) is 0 Å². The summed E-state index contributed by atoms with van der Waals surface area (Å²) < 4.78 is 41.7. The first-order chi connectivity index (χ1) is 12.2. The number of nitrogens with two attached hydrogens (primary N) is 2. The molecule has 1 saturated heterocycles. The quantitative estimate of drug-likeness (QED) is 0.863. The summed E-state index contributed by atoms with van der Waals surface area (Å²) in [4.78, 5) is 17.4. The van der Waals surface area contributed by atoms with Crippen LogP contribution < -0.4 is 17.2 Å². The van der Waals surface area contributed by atoms with Gasteiger partial charge in [-0.3, -0.25) is 9.47 Å². The summed E-state index contributed by atoms with van der Waals surface area (Å²) in [6, 6.07) is 5.35. The highest BCUT2D eigenvalue weighted by molar-refractivity contribution is 5.43. The van der Waals surface area contributed by atoms with E-state index in [2.05, 4.69) is 4.98 Å². The zero-order valence-corrected chi connectivity index (χ0v) is 14.0. The molecule has 6 nitrogen and oxygen atoms in total. The molecule has 0 atom stereocenters. The van der Waals surface area contributed by atoms with E-state index in [1.807, 2.05) is 4.90 Å². The van der Waals surface area contributed by atoms with Crippen LogP contribution in [0.4, 0.5) is 19.0 Å². The van der Waals surface area contributed by atoms with Gasteiger partial charge in [-0.05, 0) is 49.7 Å². The lowest BCUT2D eigenvalue weighted by atomic mass is 10.0. The highest BCUT2D eigenvalue weighted by atomic mass is 19.4. The number of piperidine rings is 1. The Hall–Kier alpha value is -2.39. The number of halogens is 3. The van der Waals surface area contributed by atoms with Crippen molar-refractivity contribution < 1.29 is 13.2 Å². The van der Waals surface area contributed by atoms with Gasteiger partial charge in [0.05, 0.1) is 11.3 Å². The monoisotopic (exact) mass is 367 g/mol. The van der Waals surface area contributed by atoms with Gasteiger partial charge in [0.15, 0.2) is 0 Å². The van der Waals surface area contributed by atoms with E-state index in [0.717, 1.165) is 23.5 Å². The summed E-state index contributed by atoms with van der Waals surface area (Å²) in [5.74, 6) is 0.0159. The maximum absolute atomic E-state index is 13.6. The zero-order chi connectivity index (χ0) is 18.9. The van der Waals surface area contributed by atoms with Gasteiger partial charge in [-0.15, -0.1) is 0 Å². The number of nitrogen functional groups attached to an aromatic ring is 1. The number of benzene rings is 1. The summed E-state index contributed by atoms with van der Waals surface area (Å²) >= 11 is 0. The molecule has 140 valence electrons. The van der Waals surface area contributed by atoms with E-state index < -0.39 is 17.4 Å². The number of alkyl halides is 3. The van der Waals surface area contributed by atoms with Crippen molar-refractivity contribution in [2.45, 2.75) is 31.6 Å². The first-order valence-corrected chi connectivity index (χ1v) is 8.27. The van der Waals surface area contributed by atoms with Crippen molar-refractivity contribution in [2.75, 3.05) is 18.8 Å². The van der Waals surface area contributed by atoms with Crippen LogP contribution in [-0.4, -0.2) is 33.6 Å². The molecule has 0 unspecified atom stereocenters. The maximum atomic E-state index is 13.6. The van der Waals surface area contributed by atoms with Crippen LogP contribution in [0.1, 0.15) is 24.0 Å². The molecular weight excluding hydrogens is 347 g/mol. The van der Waals surface area contributed by atoms with E-state index >= 15 is 0 Å². The molecule has 2 heterocycles. The molecule has 0 radical (unpaired) electrons. The molecule has 1 fully saturated rings. The molecule has 4 N–H and O–H groups in total. The fraction of sp³-hybridized carbons (Fsp3) is 0.412. The van der Waals surface area contributed by atoms with Crippen molar-refractivity contribution >= 4 is 5.82 Å². The molecular formula is C17H20F3N5O. The van der Waals surface area contributed by atoms with Crippen LogP contribution >= 0.6 is 0 Å². The fourth-order valence-electron chi connectivity index (χ4n) is 3.08. The molecule has 26 heavy (non-hydrogen) atoms. The lowest BCUT2D eigenvalue weighted by molar-refractivity contribution is -0.138. The Morgan fingerprint density at radius 1 is 1.19 bits per heavy atom. The van der Waals surface area contributed by atoms with Crippen LogP contribution in [0, 0.1) is 0 Å². The maximum Gasteiger partial charge on any atom is 0.416 e. The number of hydrogen-bond donors (Lipinski definition) is 2. The lowest BCUT2D eigenvalue weighted by Crippen LogP contribution is -2.39.